The summed E-state index contributed by atoms with van der Waals surface area (Å²) in [5, 5.41) is 0.512. The van der Waals surface area contributed by atoms with E-state index in [0.717, 1.165) is 12.8 Å². The molecule has 0 saturated carbocycles. The van der Waals surface area contributed by atoms with E-state index in [1.165, 1.54) is 0 Å². The second-order valence-corrected chi connectivity index (χ2v) is 8.88. The summed E-state index contributed by atoms with van der Waals surface area (Å²) in [7, 11) is -3.43. The lowest BCUT2D eigenvalue weighted by Crippen LogP contribution is -2.43. The Bertz CT molecular complexity index is 586. The van der Waals surface area contributed by atoms with E-state index in [4.69, 9.17) is 11.6 Å². The predicted octanol–water partition coefficient (Wildman–Crippen LogP) is 3.91. The van der Waals surface area contributed by atoms with E-state index in [-0.39, 0.29) is 5.41 Å². The monoisotopic (exact) mass is 365 g/mol. The van der Waals surface area contributed by atoms with Crippen LogP contribution in [-0.2, 0) is 10.0 Å². The summed E-state index contributed by atoms with van der Waals surface area (Å²) in [4.78, 5) is 0.293. The van der Waals surface area contributed by atoms with Crippen LogP contribution in [0.4, 0.5) is 0 Å². The smallest absolute Gasteiger partial charge is 0.207 e. The molecule has 2 rings (SSSR count). The minimum absolute atomic E-state index is 0.0367. The van der Waals surface area contributed by atoms with Crippen molar-refractivity contribution in [3.63, 3.8) is 0 Å². The highest BCUT2D eigenvalue weighted by Crippen LogP contribution is 2.33. The van der Waals surface area contributed by atoms with Gasteiger partial charge in [0.1, 0.15) is 0 Å². The molecule has 1 aliphatic rings. The molecule has 1 aromatic carbocycles. The maximum atomic E-state index is 12.6. The molecular weight excluding hydrogens is 350 g/mol. The van der Waals surface area contributed by atoms with Gasteiger partial charge in [-0.1, -0.05) is 25.4 Å². The molecular formula is C13H17BrClNO2S. The summed E-state index contributed by atoms with van der Waals surface area (Å²) >= 11 is 9.18. The Morgan fingerprint density at radius 1 is 1.37 bits per heavy atom. The first kappa shape index (κ1) is 15.3. The van der Waals surface area contributed by atoms with E-state index in [1.54, 1.807) is 22.5 Å². The van der Waals surface area contributed by atoms with Crippen molar-refractivity contribution in [1.29, 1.82) is 0 Å². The van der Waals surface area contributed by atoms with Crippen LogP contribution in [0.15, 0.2) is 27.6 Å². The number of hydrogen-bond acceptors (Lipinski definition) is 2. The second-order valence-electron chi connectivity index (χ2n) is 5.68. The van der Waals surface area contributed by atoms with Crippen molar-refractivity contribution in [3.8, 4) is 0 Å². The molecule has 1 aromatic rings. The van der Waals surface area contributed by atoms with Gasteiger partial charge in [-0.05, 0) is 52.4 Å². The van der Waals surface area contributed by atoms with E-state index in [1.807, 2.05) is 0 Å². The number of benzene rings is 1. The molecule has 0 N–H and O–H groups in total. The van der Waals surface area contributed by atoms with Gasteiger partial charge in [0.2, 0.25) is 10.0 Å². The third-order valence-corrected chi connectivity index (χ3v) is 6.45. The minimum atomic E-state index is -3.43. The van der Waals surface area contributed by atoms with Gasteiger partial charge < -0.3 is 0 Å². The topological polar surface area (TPSA) is 37.4 Å². The molecule has 0 spiro atoms. The van der Waals surface area contributed by atoms with Crippen molar-refractivity contribution >= 4 is 37.6 Å². The highest BCUT2D eigenvalue weighted by atomic mass is 79.9. The molecule has 1 aliphatic heterocycles. The van der Waals surface area contributed by atoms with Gasteiger partial charge in [-0.3, -0.25) is 0 Å². The standard InChI is InChI=1S/C13H17BrClNO2S/c1-13(2)6-3-7-16(9-13)19(17,18)10-4-5-12(15)11(14)8-10/h4-5,8H,3,6-7,9H2,1-2H3. The number of rotatable bonds is 2. The summed E-state index contributed by atoms with van der Waals surface area (Å²) in [5.74, 6) is 0. The van der Waals surface area contributed by atoms with Crippen LogP contribution in [0.1, 0.15) is 26.7 Å². The molecule has 0 radical (unpaired) electrons. The number of piperidine rings is 1. The molecule has 0 atom stereocenters. The van der Waals surface area contributed by atoms with E-state index < -0.39 is 10.0 Å². The fourth-order valence-corrected chi connectivity index (χ4v) is 4.70. The Balaban J connectivity index is 2.34. The fraction of sp³-hybridized carbons (Fsp3) is 0.538. The zero-order chi connectivity index (χ0) is 14.3. The molecule has 19 heavy (non-hydrogen) atoms. The second kappa shape index (κ2) is 5.35. The van der Waals surface area contributed by atoms with Crippen molar-refractivity contribution in [3.05, 3.63) is 27.7 Å². The first-order chi connectivity index (χ1) is 8.72. The molecule has 106 valence electrons. The lowest BCUT2D eigenvalue weighted by molar-refractivity contribution is 0.187. The zero-order valence-electron chi connectivity index (χ0n) is 11.0. The maximum absolute atomic E-state index is 12.6. The van der Waals surface area contributed by atoms with Crippen molar-refractivity contribution in [2.24, 2.45) is 5.41 Å². The van der Waals surface area contributed by atoms with Crippen molar-refractivity contribution in [2.45, 2.75) is 31.6 Å². The van der Waals surface area contributed by atoms with Crippen LogP contribution in [0.5, 0.6) is 0 Å². The largest absolute Gasteiger partial charge is 0.243 e. The van der Waals surface area contributed by atoms with Gasteiger partial charge in [-0.2, -0.15) is 4.31 Å². The Kier molecular flexibility index (Phi) is 4.31. The van der Waals surface area contributed by atoms with Gasteiger partial charge in [-0.15, -0.1) is 0 Å². The highest BCUT2D eigenvalue weighted by Gasteiger charge is 2.34. The van der Waals surface area contributed by atoms with Crippen LogP contribution in [0.3, 0.4) is 0 Å². The van der Waals surface area contributed by atoms with E-state index in [9.17, 15) is 8.42 Å². The van der Waals surface area contributed by atoms with Gasteiger partial charge in [0.05, 0.1) is 9.92 Å². The number of nitrogens with zero attached hydrogens (tertiary/aromatic N) is 1. The van der Waals surface area contributed by atoms with Gasteiger partial charge in [-0.25, -0.2) is 8.42 Å². The molecule has 0 aromatic heterocycles. The predicted molar refractivity (Wildman–Crippen MR) is 80.9 cm³/mol. The van der Waals surface area contributed by atoms with Crippen LogP contribution in [-0.4, -0.2) is 25.8 Å². The Morgan fingerprint density at radius 2 is 2.05 bits per heavy atom. The SMILES string of the molecule is CC1(C)CCCN(S(=O)(=O)c2ccc(Cl)c(Br)c2)C1. The van der Waals surface area contributed by atoms with Crippen LogP contribution in [0.2, 0.25) is 5.02 Å². The Labute approximate surface area is 128 Å². The lowest BCUT2D eigenvalue weighted by atomic mass is 9.85. The molecule has 1 heterocycles. The van der Waals surface area contributed by atoms with E-state index in [0.29, 0.717) is 27.5 Å². The van der Waals surface area contributed by atoms with Crippen molar-refractivity contribution in [1.82, 2.24) is 4.31 Å². The normalized spacial score (nSPS) is 20.4. The fourth-order valence-electron chi connectivity index (χ4n) is 2.36. The Hall–Kier alpha value is -0.100. The first-order valence-corrected chi connectivity index (χ1v) is 8.79. The van der Waals surface area contributed by atoms with Gasteiger partial charge in [0.15, 0.2) is 0 Å². The first-order valence-electron chi connectivity index (χ1n) is 6.18. The average Bonchev–Trinajstić information content (AvgIpc) is 2.31. The minimum Gasteiger partial charge on any atom is -0.207 e. The third-order valence-electron chi connectivity index (χ3n) is 3.39. The summed E-state index contributed by atoms with van der Waals surface area (Å²) < 4.78 is 27.4. The lowest BCUT2D eigenvalue weighted by Gasteiger charge is -2.37. The Morgan fingerprint density at radius 3 is 2.63 bits per heavy atom. The van der Waals surface area contributed by atoms with Gasteiger partial charge >= 0.3 is 0 Å². The summed E-state index contributed by atoms with van der Waals surface area (Å²) in [5.41, 5.74) is 0.0367. The molecule has 0 amide bonds. The van der Waals surface area contributed by atoms with Crippen LogP contribution < -0.4 is 0 Å². The number of hydrogen-bond donors (Lipinski definition) is 0. The quantitative estimate of drug-likeness (QED) is 0.795. The van der Waals surface area contributed by atoms with Gasteiger partial charge in [0, 0.05) is 17.6 Å². The molecule has 6 heteroatoms. The van der Waals surface area contributed by atoms with E-state index in [2.05, 4.69) is 29.8 Å². The summed E-state index contributed by atoms with van der Waals surface area (Å²) in [6.45, 7) is 5.36. The van der Waals surface area contributed by atoms with Crippen LogP contribution >= 0.6 is 27.5 Å². The third kappa shape index (κ3) is 3.32. The maximum Gasteiger partial charge on any atom is 0.243 e. The van der Waals surface area contributed by atoms with Gasteiger partial charge in [0.25, 0.3) is 0 Å². The molecule has 0 aliphatic carbocycles. The van der Waals surface area contributed by atoms with E-state index >= 15 is 0 Å². The number of halogens is 2. The summed E-state index contributed by atoms with van der Waals surface area (Å²) in [6, 6.07) is 4.73. The molecule has 1 fully saturated rings. The average molecular weight is 367 g/mol. The molecule has 0 bridgehead atoms. The number of sulfonamides is 1. The summed E-state index contributed by atoms with van der Waals surface area (Å²) in [6.07, 6.45) is 1.96. The molecule has 0 unspecified atom stereocenters. The van der Waals surface area contributed by atoms with Crippen molar-refractivity contribution in [2.75, 3.05) is 13.1 Å². The van der Waals surface area contributed by atoms with Crippen LogP contribution in [0, 0.1) is 5.41 Å². The van der Waals surface area contributed by atoms with Crippen molar-refractivity contribution < 1.29 is 8.42 Å². The zero-order valence-corrected chi connectivity index (χ0v) is 14.1. The highest BCUT2D eigenvalue weighted by molar-refractivity contribution is 9.10. The van der Waals surface area contributed by atoms with Crippen LogP contribution in [0.25, 0.3) is 0 Å². The molecule has 3 nitrogen and oxygen atoms in total. The molecule has 1 saturated heterocycles.